The van der Waals surface area contributed by atoms with E-state index in [1.165, 1.54) is 99.1 Å². The summed E-state index contributed by atoms with van der Waals surface area (Å²) in [6.45, 7) is 4.61. The van der Waals surface area contributed by atoms with Gasteiger partial charge in [-0.05, 0) is 111 Å². The number of hydrogen-bond acceptors (Lipinski definition) is 0. The number of hydrogen-bond donors (Lipinski definition) is 0. The van der Waals surface area contributed by atoms with Crippen LogP contribution < -0.4 is 0 Å². The molecular formula is C57H42. The van der Waals surface area contributed by atoms with Crippen molar-refractivity contribution in [1.82, 2.24) is 0 Å². The summed E-state index contributed by atoms with van der Waals surface area (Å²) in [5.41, 5.74) is 14.9. The normalized spacial score (nSPS) is 11.7. The molecule has 10 rings (SSSR count). The van der Waals surface area contributed by atoms with Gasteiger partial charge in [0.25, 0.3) is 0 Å². The van der Waals surface area contributed by atoms with E-state index in [4.69, 9.17) is 0 Å². The number of benzene rings is 10. The third-order valence-corrected chi connectivity index (χ3v) is 12.0. The molecule has 0 aliphatic carbocycles. The van der Waals surface area contributed by atoms with Crippen LogP contribution in [-0.4, -0.2) is 0 Å². The van der Waals surface area contributed by atoms with E-state index in [0.717, 1.165) is 0 Å². The highest BCUT2D eigenvalue weighted by atomic mass is 14.3. The van der Waals surface area contributed by atoms with Gasteiger partial charge in [-0.3, -0.25) is 0 Å². The largest absolute Gasteiger partial charge is 0.0622 e. The molecule has 0 heteroatoms. The van der Waals surface area contributed by atoms with E-state index in [0.29, 0.717) is 0 Å². The maximum absolute atomic E-state index is 2.37. The minimum atomic E-state index is -0.0839. The average Bonchev–Trinajstić information content (AvgIpc) is 3.28. The summed E-state index contributed by atoms with van der Waals surface area (Å²) < 4.78 is 0. The van der Waals surface area contributed by atoms with E-state index in [9.17, 15) is 0 Å². The molecule has 0 atom stereocenters. The van der Waals surface area contributed by atoms with Gasteiger partial charge < -0.3 is 0 Å². The van der Waals surface area contributed by atoms with Gasteiger partial charge in [-0.1, -0.05) is 220 Å². The molecule has 0 saturated heterocycles. The zero-order valence-corrected chi connectivity index (χ0v) is 32.3. The van der Waals surface area contributed by atoms with Crippen LogP contribution in [0.25, 0.3) is 88.0 Å². The molecular weight excluding hydrogens is 685 g/mol. The van der Waals surface area contributed by atoms with Crippen molar-refractivity contribution in [3.63, 3.8) is 0 Å². The van der Waals surface area contributed by atoms with E-state index in [1.807, 2.05) is 0 Å². The predicted molar refractivity (Wildman–Crippen MR) is 245 cm³/mol. The molecule has 0 fully saturated rings. The Morgan fingerprint density at radius 2 is 0.702 bits per heavy atom. The van der Waals surface area contributed by atoms with Crippen molar-refractivity contribution < 1.29 is 0 Å². The SMILES string of the molecule is CC(C)(c1ccccc1)c1ccc(-c2cccc(-c3c4ccccc4c(-c4ccccc4-c4cccc(-c5cccc6ccccc56)c4)c4ccccc34)c2)cc1. The molecule has 10 aromatic carbocycles. The molecule has 0 radical (unpaired) electrons. The Balaban J connectivity index is 1.10. The average molecular weight is 727 g/mol. The quantitative estimate of drug-likeness (QED) is 0.143. The predicted octanol–water partition coefficient (Wildman–Crippen LogP) is 15.8. The van der Waals surface area contributed by atoms with Gasteiger partial charge in [0.15, 0.2) is 0 Å². The van der Waals surface area contributed by atoms with Crippen molar-refractivity contribution in [2.45, 2.75) is 19.3 Å². The Hall–Kier alpha value is -7.02. The Morgan fingerprint density at radius 1 is 0.263 bits per heavy atom. The Morgan fingerprint density at radius 3 is 1.39 bits per heavy atom. The highest BCUT2D eigenvalue weighted by Crippen LogP contribution is 2.47. The molecule has 10 aromatic rings. The molecule has 0 heterocycles. The summed E-state index contributed by atoms with van der Waals surface area (Å²) in [4.78, 5) is 0. The molecule has 0 aliphatic rings. The third kappa shape index (κ3) is 6.11. The summed E-state index contributed by atoms with van der Waals surface area (Å²) in [6, 6.07) is 80.2. The summed E-state index contributed by atoms with van der Waals surface area (Å²) in [5, 5.41) is 7.53. The van der Waals surface area contributed by atoms with Crippen LogP contribution in [0, 0.1) is 0 Å². The van der Waals surface area contributed by atoms with Crippen molar-refractivity contribution in [2.24, 2.45) is 0 Å². The molecule has 57 heavy (non-hydrogen) atoms. The van der Waals surface area contributed by atoms with Crippen LogP contribution in [0.5, 0.6) is 0 Å². The summed E-state index contributed by atoms with van der Waals surface area (Å²) in [6.07, 6.45) is 0. The second-order valence-corrected chi connectivity index (χ2v) is 15.6. The first-order valence-corrected chi connectivity index (χ1v) is 19.9. The van der Waals surface area contributed by atoms with Gasteiger partial charge in [0.05, 0.1) is 0 Å². The number of fused-ring (bicyclic) bond motifs is 3. The molecule has 0 spiro atoms. The van der Waals surface area contributed by atoms with Gasteiger partial charge in [-0.25, -0.2) is 0 Å². The van der Waals surface area contributed by atoms with Crippen LogP contribution in [0.3, 0.4) is 0 Å². The molecule has 0 nitrogen and oxygen atoms in total. The molecule has 270 valence electrons. The molecule has 0 aromatic heterocycles. The lowest BCUT2D eigenvalue weighted by atomic mass is 9.78. The van der Waals surface area contributed by atoms with Crippen molar-refractivity contribution in [3.05, 3.63) is 230 Å². The maximum atomic E-state index is 2.37. The minimum Gasteiger partial charge on any atom is -0.0622 e. The molecule has 0 bridgehead atoms. The molecule has 0 N–H and O–H groups in total. The van der Waals surface area contributed by atoms with E-state index < -0.39 is 0 Å². The van der Waals surface area contributed by atoms with Gasteiger partial charge in [-0.15, -0.1) is 0 Å². The summed E-state index contributed by atoms with van der Waals surface area (Å²) in [7, 11) is 0. The zero-order chi connectivity index (χ0) is 38.3. The van der Waals surface area contributed by atoms with Gasteiger partial charge in [-0.2, -0.15) is 0 Å². The second kappa shape index (κ2) is 14.2. The van der Waals surface area contributed by atoms with Gasteiger partial charge in [0.1, 0.15) is 0 Å². The van der Waals surface area contributed by atoms with Crippen LogP contribution in [0.2, 0.25) is 0 Å². The molecule has 0 unspecified atom stereocenters. The lowest BCUT2D eigenvalue weighted by molar-refractivity contribution is 0.641. The Bertz CT molecular complexity index is 3010. The van der Waals surface area contributed by atoms with Crippen molar-refractivity contribution in [3.8, 4) is 55.6 Å². The Labute approximate surface area is 335 Å². The van der Waals surface area contributed by atoms with Crippen LogP contribution in [0.15, 0.2) is 218 Å². The summed E-state index contributed by atoms with van der Waals surface area (Å²) >= 11 is 0. The van der Waals surface area contributed by atoms with Crippen LogP contribution in [-0.2, 0) is 5.41 Å². The zero-order valence-electron chi connectivity index (χ0n) is 32.3. The second-order valence-electron chi connectivity index (χ2n) is 15.6. The highest BCUT2D eigenvalue weighted by molar-refractivity contribution is 6.22. The smallest absolute Gasteiger partial charge is 0.0146 e. The lowest BCUT2D eigenvalue weighted by Gasteiger charge is -2.26. The van der Waals surface area contributed by atoms with Crippen molar-refractivity contribution in [1.29, 1.82) is 0 Å². The lowest BCUT2D eigenvalue weighted by Crippen LogP contribution is -2.18. The molecule has 0 aliphatic heterocycles. The minimum absolute atomic E-state index is 0.0839. The van der Waals surface area contributed by atoms with Crippen LogP contribution in [0.1, 0.15) is 25.0 Å². The topological polar surface area (TPSA) is 0 Å². The van der Waals surface area contributed by atoms with Crippen molar-refractivity contribution in [2.75, 3.05) is 0 Å². The fourth-order valence-corrected chi connectivity index (χ4v) is 8.97. The van der Waals surface area contributed by atoms with Gasteiger partial charge in [0.2, 0.25) is 0 Å². The number of rotatable bonds is 7. The van der Waals surface area contributed by atoms with Crippen molar-refractivity contribution >= 4 is 32.3 Å². The third-order valence-electron chi connectivity index (χ3n) is 12.0. The fourth-order valence-electron chi connectivity index (χ4n) is 8.97. The summed E-state index contributed by atoms with van der Waals surface area (Å²) in [5.74, 6) is 0. The van der Waals surface area contributed by atoms with E-state index in [1.54, 1.807) is 0 Å². The van der Waals surface area contributed by atoms with Gasteiger partial charge >= 0.3 is 0 Å². The van der Waals surface area contributed by atoms with E-state index in [2.05, 4.69) is 232 Å². The first-order valence-electron chi connectivity index (χ1n) is 19.9. The molecule has 0 saturated carbocycles. The molecule has 0 amide bonds. The first-order chi connectivity index (χ1) is 28.0. The first kappa shape index (κ1) is 34.5. The Kier molecular flexibility index (Phi) is 8.61. The van der Waals surface area contributed by atoms with Gasteiger partial charge in [0, 0.05) is 5.41 Å². The van der Waals surface area contributed by atoms with Crippen LogP contribution in [0.4, 0.5) is 0 Å². The fraction of sp³-hybridized carbons (Fsp3) is 0.0526. The van der Waals surface area contributed by atoms with E-state index in [-0.39, 0.29) is 5.41 Å². The van der Waals surface area contributed by atoms with Crippen LogP contribution >= 0.6 is 0 Å². The highest BCUT2D eigenvalue weighted by Gasteiger charge is 2.23. The monoisotopic (exact) mass is 726 g/mol. The maximum Gasteiger partial charge on any atom is 0.0146 e. The van der Waals surface area contributed by atoms with E-state index >= 15 is 0 Å². The standard InChI is InChI=1S/C57H42/c1-57(2,45-23-4-3-5-24-45)46-35-33-39(34-36-46)41-19-14-22-44(37-41)55-51-28-10-12-30-53(51)56(54-31-13-11-29-52(54)55)50-27-9-8-26-49(50)43-21-15-20-42(38-43)48-32-16-18-40-17-6-7-25-47(40)48/h3-38H,1-2H3.